The third-order valence-corrected chi connectivity index (χ3v) is 10.5. The molecule has 0 N–H and O–H groups in total. The summed E-state index contributed by atoms with van der Waals surface area (Å²) in [4.78, 5) is 6.45. The molecule has 0 aromatic heterocycles. The first kappa shape index (κ1) is 23.9. The van der Waals surface area contributed by atoms with Crippen LogP contribution in [0.4, 0.5) is 0 Å². The number of halogens is 2. The van der Waals surface area contributed by atoms with Crippen molar-refractivity contribution in [1.29, 1.82) is 0 Å². The molecular weight excluding hydrogens is 608 g/mol. The summed E-state index contributed by atoms with van der Waals surface area (Å²) in [6.07, 6.45) is 0. The van der Waals surface area contributed by atoms with Crippen LogP contribution in [0.15, 0.2) is 161 Å². The number of rotatable bonds is 5. The van der Waals surface area contributed by atoms with Crippen LogP contribution in [0.25, 0.3) is 21.5 Å². The first-order valence-electron chi connectivity index (χ1n) is 11.6. The van der Waals surface area contributed by atoms with Gasteiger partial charge in [0, 0.05) is 26.0 Å². The third-order valence-electron chi connectivity index (χ3n) is 6.08. The average molecular weight is 629 g/mol. The lowest BCUT2D eigenvalue weighted by Crippen LogP contribution is -2.06. The van der Waals surface area contributed by atoms with Crippen LogP contribution in [0.1, 0.15) is 0 Å². The van der Waals surface area contributed by atoms with E-state index in [4.69, 9.17) is 0 Å². The second-order valence-electron chi connectivity index (χ2n) is 8.47. The number of fused-ring (bicyclic) bond motifs is 2. The summed E-state index contributed by atoms with van der Waals surface area (Å²) in [5.74, 6) is 0. The summed E-state index contributed by atoms with van der Waals surface area (Å²) >= 11 is 9.23. The van der Waals surface area contributed by atoms with Gasteiger partial charge >= 0.3 is 0 Å². The second kappa shape index (κ2) is 10.5. The largest absolute Gasteiger partial charge is 0.181 e. The minimum atomic E-state index is -0.273. The number of hydrogen-bond acceptors (Lipinski definition) is 1. The fourth-order valence-corrected chi connectivity index (χ4v) is 8.51. The molecule has 0 fully saturated rings. The molecule has 6 aromatic rings. The van der Waals surface area contributed by atoms with Crippen molar-refractivity contribution in [3.05, 3.63) is 136 Å². The van der Waals surface area contributed by atoms with Crippen molar-refractivity contribution in [3.8, 4) is 0 Å². The van der Waals surface area contributed by atoms with Gasteiger partial charge in [0.15, 0.2) is 14.7 Å². The Labute approximate surface area is 235 Å². The molecule has 6 aromatic carbocycles. The van der Waals surface area contributed by atoms with Gasteiger partial charge in [0.25, 0.3) is 0 Å². The molecule has 0 bridgehead atoms. The lowest BCUT2D eigenvalue weighted by Gasteiger charge is -2.13. The summed E-state index contributed by atoms with van der Waals surface area (Å²) in [6, 6.07) is 46.2. The van der Waals surface area contributed by atoms with Crippen LogP contribution in [-0.2, 0) is 10.9 Å². The monoisotopic (exact) mass is 627 g/mol. The molecule has 36 heavy (non-hydrogen) atoms. The van der Waals surface area contributed by atoms with Gasteiger partial charge in [-0.1, -0.05) is 98.2 Å². The zero-order valence-electron chi connectivity index (χ0n) is 19.2. The lowest BCUT2D eigenvalue weighted by atomic mass is 10.1. The molecule has 1 unspecified atom stereocenters. The topological polar surface area (TPSA) is 0 Å². The zero-order chi connectivity index (χ0) is 24.5. The second-order valence-corrected chi connectivity index (χ2v) is 13.4. The minimum absolute atomic E-state index is 0.273. The Balaban J connectivity index is 1.51. The van der Waals surface area contributed by atoms with E-state index in [1.54, 1.807) is 0 Å². The van der Waals surface area contributed by atoms with Crippen LogP contribution in [0.5, 0.6) is 0 Å². The highest BCUT2D eigenvalue weighted by Crippen LogP contribution is 2.42. The van der Waals surface area contributed by atoms with E-state index in [9.17, 15) is 0 Å². The van der Waals surface area contributed by atoms with Gasteiger partial charge in [-0.15, -0.1) is 0 Å². The molecule has 0 spiro atoms. The molecule has 0 heterocycles. The van der Waals surface area contributed by atoms with Gasteiger partial charge in [-0.3, -0.25) is 0 Å². The van der Waals surface area contributed by atoms with Gasteiger partial charge in [-0.05, 0) is 82.2 Å². The van der Waals surface area contributed by atoms with Gasteiger partial charge in [0.1, 0.15) is 10.9 Å². The molecule has 0 aliphatic carbocycles. The van der Waals surface area contributed by atoms with Crippen LogP contribution in [0.2, 0.25) is 0 Å². The average Bonchev–Trinajstić information content (AvgIpc) is 2.91. The molecular formula is C32H21Br2S2+. The van der Waals surface area contributed by atoms with Crippen molar-refractivity contribution < 1.29 is 0 Å². The zero-order valence-corrected chi connectivity index (χ0v) is 24.0. The van der Waals surface area contributed by atoms with Crippen molar-refractivity contribution >= 4 is 76.1 Å². The van der Waals surface area contributed by atoms with Gasteiger partial charge in [0.05, 0.1) is 4.90 Å². The van der Waals surface area contributed by atoms with Crippen molar-refractivity contribution in [2.24, 2.45) is 0 Å². The summed E-state index contributed by atoms with van der Waals surface area (Å²) in [6.45, 7) is 0. The molecule has 4 heteroatoms. The maximum atomic E-state index is 3.77. The van der Waals surface area contributed by atoms with E-state index in [0.717, 1.165) is 8.95 Å². The maximum absolute atomic E-state index is 3.77. The fourth-order valence-electron chi connectivity index (χ4n) is 4.34. The predicted octanol–water partition coefficient (Wildman–Crippen LogP) is 10.8. The summed E-state index contributed by atoms with van der Waals surface area (Å²) in [7, 11) is -0.273. The molecule has 0 saturated heterocycles. The number of hydrogen-bond donors (Lipinski definition) is 0. The normalized spacial score (nSPS) is 12.2. The SMILES string of the molecule is Brc1ccc([S+](c2ccc3ccccc3c2)c2cc(Br)ccc2Sc2ccc3ccccc3c2)cc1. The first-order valence-corrected chi connectivity index (χ1v) is 15.2. The van der Waals surface area contributed by atoms with E-state index in [0.29, 0.717) is 0 Å². The van der Waals surface area contributed by atoms with Crippen LogP contribution < -0.4 is 0 Å². The Kier molecular flexibility index (Phi) is 6.94. The van der Waals surface area contributed by atoms with E-state index in [1.807, 2.05) is 11.8 Å². The Bertz CT molecular complexity index is 1690. The minimum Gasteiger partial charge on any atom is -0.0848 e. The van der Waals surface area contributed by atoms with Crippen LogP contribution >= 0.6 is 43.6 Å². The fraction of sp³-hybridized carbons (Fsp3) is 0. The molecule has 0 aliphatic rings. The quantitative estimate of drug-likeness (QED) is 0.171. The number of benzene rings is 6. The summed E-state index contributed by atoms with van der Waals surface area (Å²) in [5.41, 5.74) is 0. The molecule has 0 saturated carbocycles. The molecule has 1 atom stereocenters. The lowest BCUT2D eigenvalue weighted by molar-refractivity contribution is 1.19. The predicted molar refractivity (Wildman–Crippen MR) is 162 cm³/mol. The third kappa shape index (κ3) is 5.01. The molecule has 0 amide bonds. The molecule has 0 nitrogen and oxygen atoms in total. The highest BCUT2D eigenvalue weighted by molar-refractivity contribution is 9.10. The van der Waals surface area contributed by atoms with Crippen molar-refractivity contribution in [2.75, 3.05) is 0 Å². The van der Waals surface area contributed by atoms with Crippen LogP contribution in [-0.4, -0.2) is 0 Å². The van der Waals surface area contributed by atoms with Gasteiger partial charge < -0.3 is 0 Å². The van der Waals surface area contributed by atoms with Crippen molar-refractivity contribution in [1.82, 2.24) is 0 Å². The van der Waals surface area contributed by atoms with E-state index >= 15 is 0 Å². The Morgan fingerprint density at radius 3 is 1.78 bits per heavy atom. The van der Waals surface area contributed by atoms with E-state index in [2.05, 4.69) is 159 Å². The van der Waals surface area contributed by atoms with E-state index in [-0.39, 0.29) is 10.9 Å². The highest BCUT2D eigenvalue weighted by Gasteiger charge is 2.32. The van der Waals surface area contributed by atoms with Gasteiger partial charge in [-0.2, -0.15) is 0 Å². The van der Waals surface area contributed by atoms with E-state index < -0.39 is 0 Å². The molecule has 174 valence electrons. The smallest absolute Gasteiger partial charge is 0.0848 e. The highest BCUT2D eigenvalue weighted by atomic mass is 79.9. The van der Waals surface area contributed by atoms with Gasteiger partial charge in [-0.25, -0.2) is 0 Å². The van der Waals surface area contributed by atoms with Crippen LogP contribution in [0, 0.1) is 0 Å². The maximum Gasteiger partial charge on any atom is 0.181 e. The van der Waals surface area contributed by atoms with Crippen molar-refractivity contribution in [3.63, 3.8) is 0 Å². The molecule has 6 rings (SSSR count). The Morgan fingerprint density at radius 1 is 0.472 bits per heavy atom. The Hall–Kier alpha value is -2.50. The van der Waals surface area contributed by atoms with Crippen LogP contribution in [0.3, 0.4) is 0 Å². The van der Waals surface area contributed by atoms with Gasteiger partial charge in [0.2, 0.25) is 0 Å². The first-order chi connectivity index (χ1) is 17.6. The van der Waals surface area contributed by atoms with E-state index in [1.165, 1.54) is 46.0 Å². The Morgan fingerprint density at radius 2 is 1.06 bits per heavy atom. The standard InChI is InChI=1S/C32H21Br2S2/c33-26-11-16-29(17-12-26)36(30-15-10-23-6-2-4-8-25(23)20-30)32-21-27(34)13-18-31(32)35-28-14-9-22-5-1-3-7-24(22)19-28/h1-21H/q+1. The molecule has 0 aliphatic heterocycles. The summed E-state index contributed by atoms with van der Waals surface area (Å²) < 4.78 is 2.18. The molecule has 0 radical (unpaired) electrons. The van der Waals surface area contributed by atoms with Crippen molar-refractivity contribution in [2.45, 2.75) is 24.5 Å². The summed E-state index contributed by atoms with van der Waals surface area (Å²) in [5, 5.41) is 5.07.